The summed E-state index contributed by atoms with van der Waals surface area (Å²) in [5.41, 5.74) is 3.17. The predicted molar refractivity (Wildman–Crippen MR) is 38.8 cm³/mol. The van der Waals surface area contributed by atoms with Gasteiger partial charge in [0.2, 0.25) is 0 Å². The van der Waals surface area contributed by atoms with Gasteiger partial charge in [-0.1, -0.05) is 0 Å². The van der Waals surface area contributed by atoms with Crippen molar-refractivity contribution >= 4 is 5.97 Å². The molecule has 2 rings (SSSR count). The van der Waals surface area contributed by atoms with Crippen molar-refractivity contribution in [1.29, 1.82) is 0 Å². The Morgan fingerprint density at radius 3 is 3.00 bits per heavy atom. The standard InChI is InChI=1S/C7H12N2O2/c10-7(11)6-4-9-3-5(6)1-2-8-9/h5-6,8H,1-4H2,(H,10,11). The highest BCUT2D eigenvalue weighted by molar-refractivity contribution is 5.71. The van der Waals surface area contributed by atoms with Gasteiger partial charge in [0, 0.05) is 19.6 Å². The molecule has 11 heavy (non-hydrogen) atoms. The molecule has 2 saturated heterocycles. The van der Waals surface area contributed by atoms with Gasteiger partial charge in [-0.2, -0.15) is 0 Å². The summed E-state index contributed by atoms with van der Waals surface area (Å²) in [6.45, 7) is 2.53. The Morgan fingerprint density at radius 2 is 2.36 bits per heavy atom. The van der Waals surface area contributed by atoms with Gasteiger partial charge in [-0.25, -0.2) is 5.01 Å². The third-order valence-corrected chi connectivity index (χ3v) is 2.61. The van der Waals surface area contributed by atoms with E-state index in [-0.39, 0.29) is 5.92 Å². The quantitative estimate of drug-likeness (QED) is 0.539. The summed E-state index contributed by atoms with van der Waals surface area (Å²) in [6.07, 6.45) is 1.01. The van der Waals surface area contributed by atoms with Crippen molar-refractivity contribution in [3.05, 3.63) is 0 Å². The maximum atomic E-state index is 10.7. The Labute approximate surface area is 65.2 Å². The van der Waals surface area contributed by atoms with Crippen LogP contribution in [-0.2, 0) is 4.79 Å². The SMILES string of the molecule is O=C(O)C1CN2CC1CCN2. The minimum Gasteiger partial charge on any atom is -0.481 e. The molecule has 3 atom stereocenters. The molecule has 4 nitrogen and oxygen atoms in total. The molecule has 2 fully saturated rings. The smallest absolute Gasteiger partial charge is 0.308 e. The lowest BCUT2D eigenvalue weighted by Gasteiger charge is -2.22. The van der Waals surface area contributed by atoms with Gasteiger partial charge >= 0.3 is 5.97 Å². The van der Waals surface area contributed by atoms with E-state index in [1.807, 2.05) is 5.01 Å². The summed E-state index contributed by atoms with van der Waals surface area (Å²) in [5, 5.41) is 10.8. The second-order valence-electron chi connectivity index (χ2n) is 3.31. The molecular formula is C7H12N2O2. The van der Waals surface area contributed by atoms with Crippen LogP contribution in [0.15, 0.2) is 0 Å². The normalized spacial score (nSPS) is 42.4. The molecule has 0 aromatic heterocycles. The molecule has 2 heterocycles. The number of fused-ring (bicyclic) bond motifs is 2. The monoisotopic (exact) mass is 156 g/mol. The predicted octanol–water partition coefficient (Wildman–Crippen LogP) is -0.473. The molecule has 4 heteroatoms. The number of hydrazine groups is 1. The van der Waals surface area contributed by atoms with Crippen LogP contribution in [0.2, 0.25) is 0 Å². The molecular weight excluding hydrogens is 144 g/mol. The van der Waals surface area contributed by atoms with Crippen LogP contribution in [0.1, 0.15) is 6.42 Å². The van der Waals surface area contributed by atoms with Crippen molar-refractivity contribution in [2.45, 2.75) is 6.42 Å². The molecule has 0 aliphatic carbocycles. The highest BCUT2D eigenvalue weighted by atomic mass is 16.4. The molecule has 0 aromatic carbocycles. The highest BCUT2D eigenvalue weighted by Crippen LogP contribution is 2.27. The second kappa shape index (κ2) is 2.46. The zero-order valence-corrected chi connectivity index (χ0v) is 6.29. The van der Waals surface area contributed by atoms with Crippen molar-refractivity contribution in [2.24, 2.45) is 11.8 Å². The molecule has 0 aromatic rings. The number of carboxylic acid groups (broad SMARTS) is 1. The van der Waals surface area contributed by atoms with E-state index in [2.05, 4.69) is 5.43 Å². The van der Waals surface area contributed by atoms with Gasteiger partial charge in [-0.05, 0) is 12.3 Å². The second-order valence-corrected chi connectivity index (χ2v) is 3.31. The van der Waals surface area contributed by atoms with E-state index >= 15 is 0 Å². The van der Waals surface area contributed by atoms with E-state index in [0.29, 0.717) is 12.5 Å². The van der Waals surface area contributed by atoms with Gasteiger partial charge in [-0.15, -0.1) is 0 Å². The summed E-state index contributed by atoms with van der Waals surface area (Å²) in [5.74, 6) is -0.389. The minimum absolute atomic E-state index is 0.134. The molecule has 2 bridgehead atoms. The fraction of sp³-hybridized carbons (Fsp3) is 0.857. The van der Waals surface area contributed by atoms with Crippen molar-refractivity contribution in [3.8, 4) is 0 Å². The summed E-state index contributed by atoms with van der Waals surface area (Å²) >= 11 is 0. The number of hydrogen-bond acceptors (Lipinski definition) is 3. The maximum absolute atomic E-state index is 10.7. The van der Waals surface area contributed by atoms with Crippen molar-refractivity contribution in [3.63, 3.8) is 0 Å². The minimum atomic E-state index is -0.638. The van der Waals surface area contributed by atoms with Gasteiger partial charge in [0.15, 0.2) is 0 Å². The van der Waals surface area contributed by atoms with Crippen molar-refractivity contribution in [1.82, 2.24) is 10.4 Å². The highest BCUT2D eigenvalue weighted by Gasteiger charge is 2.39. The van der Waals surface area contributed by atoms with Crippen LogP contribution in [0, 0.1) is 11.8 Å². The Balaban J connectivity index is 2.08. The van der Waals surface area contributed by atoms with Crippen molar-refractivity contribution in [2.75, 3.05) is 19.6 Å². The Kier molecular flexibility index (Phi) is 1.58. The first kappa shape index (κ1) is 7.06. The molecule has 2 aliphatic heterocycles. The first-order valence-corrected chi connectivity index (χ1v) is 3.98. The van der Waals surface area contributed by atoms with Gasteiger partial charge in [0.05, 0.1) is 5.92 Å². The number of rotatable bonds is 1. The number of hydrogen-bond donors (Lipinski definition) is 2. The van der Waals surface area contributed by atoms with Crippen LogP contribution < -0.4 is 5.43 Å². The molecule has 0 amide bonds. The molecule has 2 aliphatic rings. The summed E-state index contributed by atoms with van der Waals surface area (Å²) < 4.78 is 0. The molecule has 2 N–H and O–H groups in total. The summed E-state index contributed by atoms with van der Waals surface area (Å²) in [7, 11) is 0. The van der Waals surface area contributed by atoms with Crippen LogP contribution in [0.5, 0.6) is 0 Å². The number of carbonyl (C=O) groups is 1. The largest absolute Gasteiger partial charge is 0.481 e. The summed E-state index contributed by atoms with van der Waals surface area (Å²) in [4.78, 5) is 10.7. The van der Waals surface area contributed by atoms with E-state index in [1.165, 1.54) is 0 Å². The van der Waals surface area contributed by atoms with E-state index in [1.54, 1.807) is 0 Å². The molecule has 0 spiro atoms. The van der Waals surface area contributed by atoms with Crippen LogP contribution in [0.25, 0.3) is 0 Å². The fourth-order valence-corrected chi connectivity index (χ4v) is 1.98. The number of nitrogens with zero attached hydrogens (tertiary/aromatic N) is 1. The Morgan fingerprint density at radius 1 is 1.55 bits per heavy atom. The van der Waals surface area contributed by atoms with Crippen LogP contribution in [0.4, 0.5) is 0 Å². The van der Waals surface area contributed by atoms with E-state index < -0.39 is 5.97 Å². The zero-order chi connectivity index (χ0) is 7.84. The topological polar surface area (TPSA) is 52.6 Å². The van der Waals surface area contributed by atoms with Gasteiger partial charge in [0.1, 0.15) is 0 Å². The van der Waals surface area contributed by atoms with Crippen LogP contribution in [-0.4, -0.2) is 35.7 Å². The first-order chi connectivity index (χ1) is 5.27. The summed E-state index contributed by atoms with van der Waals surface area (Å²) in [6, 6.07) is 0. The number of nitrogens with one attached hydrogen (secondary N) is 1. The first-order valence-electron chi connectivity index (χ1n) is 3.98. The van der Waals surface area contributed by atoms with E-state index in [9.17, 15) is 4.79 Å². The average molecular weight is 156 g/mol. The van der Waals surface area contributed by atoms with Gasteiger partial charge in [-0.3, -0.25) is 10.2 Å². The van der Waals surface area contributed by atoms with Crippen molar-refractivity contribution < 1.29 is 9.90 Å². The Bertz CT molecular complexity index is 183. The third-order valence-electron chi connectivity index (χ3n) is 2.61. The van der Waals surface area contributed by atoms with Gasteiger partial charge < -0.3 is 5.11 Å². The van der Waals surface area contributed by atoms with Crippen LogP contribution in [0.3, 0.4) is 0 Å². The Hall–Kier alpha value is -0.610. The lowest BCUT2D eigenvalue weighted by atomic mass is 9.93. The maximum Gasteiger partial charge on any atom is 0.308 e. The fourth-order valence-electron chi connectivity index (χ4n) is 1.98. The van der Waals surface area contributed by atoms with E-state index in [4.69, 9.17) is 5.11 Å². The van der Waals surface area contributed by atoms with E-state index in [0.717, 1.165) is 19.5 Å². The average Bonchev–Trinajstić information content (AvgIpc) is 2.27. The van der Waals surface area contributed by atoms with Gasteiger partial charge in [0.25, 0.3) is 0 Å². The molecule has 62 valence electrons. The third kappa shape index (κ3) is 1.12. The number of carboxylic acids is 1. The van der Waals surface area contributed by atoms with Crippen LogP contribution >= 0.6 is 0 Å². The lowest BCUT2D eigenvalue weighted by molar-refractivity contribution is -0.142. The molecule has 3 unspecified atom stereocenters. The lowest BCUT2D eigenvalue weighted by Crippen LogP contribution is -2.40. The number of aliphatic carboxylic acids is 1. The zero-order valence-electron chi connectivity index (χ0n) is 6.29. The molecule has 0 saturated carbocycles. The molecule has 0 radical (unpaired) electrons.